The van der Waals surface area contributed by atoms with Gasteiger partial charge in [-0.05, 0) is 31.4 Å². The Morgan fingerprint density at radius 2 is 2.21 bits per heavy atom. The number of fused-ring (bicyclic) bond motifs is 1. The van der Waals surface area contributed by atoms with Crippen molar-refractivity contribution >= 4 is 28.5 Å². The van der Waals surface area contributed by atoms with E-state index in [0.29, 0.717) is 31.0 Å². The molecule has 1 fully saturated rings. The van der Waals surface area contributed by atoms with E-state index < -0.39 is 12.1 Å². The number of amides is 2. The maximum absolute atomic E-state index is 12.9. The molecule has 2 aromatic heterocycles. The number of aryl methyl sites for hydroxylation is 1. The highest BCUT2D eigenvalue weighted by Gasteiger charge is 2.29. The number of carbonyl (C=O) groups excluding carboxylic acids is 2. The van der Waals surface area contributed by atoms with Crippen LogP contribution in [0.1, 0.15) is 24.2 Å². The molecular weight excluding hydrogens is 360 g/mol. The highest BCUT2D eigenvalue weighted by atomic mass is 16.5. The van der Waals surface area contributed by atoms with Crippen LogP contribution in [-0.2, 0) is 20.7 Å². The number of rotatable bonds is 6. The summed E-state index contributed by atoms with van der Waals surface area (Å²) in [7, 11) is 0. The summed E-state index contributed by atoms with van der Waals surface area (Å²) in [6.07, 6.45) is 3.20. The lowest BCUT2D eigenvalue weighted by molar-refractivity contribution is -0.133. The van der Waals surface area contributed by atoms with Gasteiger partial charge in [0.2, 0.25) is 11.8 Å². The van der Waals surface area contributed by atoms with Crippen molar-refractivity contribution in [3.05, 3.63) is 47.9 Å². The molecule has 146 valence electrons. The van der Waals surface area contributed by atoms with E-state index in [2.05, 4.69) is 20.8 Å². The van der Waals surface area contributed by atoms with Gasteiger partial charge in [-0.3, -0.25) is 9.59 Å². The van der Waals surface area contributed by atoms with Gasteiger partial charge < -0.3 is 24.9 Å². The Morgan fingerprint density at radius 3 is 2.96 bits per heavy atom. The molecule has 1 aliphatic heterocycles. The van der Waals surface area contributed by atoms with Gasteiger partial charge in [-0.1, -0.05) is 23.4 Å². The monoisotopic (exact) mass is 382 g/mol. The number of nitrogens with one attached hydrogen (secondary N) is 3. The molecule has 2 atom stereocenters. The van der Waals surface area contributed by atoms with Gasteiger partial charge in [0.1, 0.15) is 17.9 Å². The first-order chi connectivity index (χ1) is 13.6. The lowest BCUT2D eigenvalue weighted by atomic mass is 10.0. The lowest BCUT2D eigenvalue weighted by Gasteiger charge is -2.19. The summed E-state index contributed by atoms with van der Waals surface area (Å²) in [5.74, 6) is 0.281. The maximum atomic E-state index is 12.9. The normalized spacial score (nSPS) is 17.5. The lowest BCUT2D eigenvalue weighted by Crippen LogP contribution is -2.48. The van der Waals surface area contributed by atoms with Crippen LogP contribution in [0.25, 0.3) is 10.9 Å². The van der Waals surface area contributed by atoms with Crippen molar-refractivity contribution in [3.8, 4) is 0 Å². The van der Waals surface area contributed by atoms with Crippen LogP contribution in [0, 0.1) is 6.92 Å². The number of aromatic nitrogens is 2. The number of nitrogens with zero attached hydrogens (tertiary/aromatic N) is 1. The van der Waals surface area contributed by atoms with Crippen LogP contribution in [0.4, 0.5) is 5.82 Å². The molecule has 8 nitrogen and oxygen atoms in total. The van der Waals surface area contributed by atoms with E-state index in [1.165, 1.54) is 0 Å². The summed E-state index contributed by atoms with van der Waals surface area (Å²) >= 11 is 0. The second-order valence-corrected chi connectivity index (χ2v) is 6.94. The zero-order chi connectivity index (χ0) is 19.5. The SMILES string of the molecule is Cc1cc(NC(=O)[C@H](Cc2c[nH]c3ccccc23)NC(=O)C2CCCO2)no1. The summed E-state index contributed by atoms with van der Waals surface area (Å²) in [5, 5.41) is 10.4. The molecule has 28 heavy (non-hydrogen) atoms. The van der Waals surface area contributed by atoms with Gasteiger partial charge in [-0.2, -0.15) is 0 Å². The number of benzene rings is 1. The molecule has 0 spiro atoms. The van der Waals surface area contributed by atoms with Crippen molar-refractivity contribution in [2.45, 2.75) is 38.3 Å². The van der Waals surface area contributed by atoms with E-state index in [4.69, 9.17) is 9.26 Å². The zero-order valence-corrected chi connectivity index (χ0v) is 15.5. The highest BCUT2D eigenvalue weighted by Crippen LogP contribution is 2.20. The van der Waals surface area contributed by atoms with Gasteiger partial charge >= 0.3 is 0 Å². The van der Waals surface area contributed by atoms with Crippen molar-refractivity contribution in [1.82, 2.24) is 15.5 Å². The second-order valence-electron chi connectivity index (χ2n) is 6.94. The van der Waals surface area contributed by atoms with Gasteiger partial charge in [0.25, 0.3) is 0 Å². The molecule has 0 bridgehead atoms. The first kappa shape index (κ1) is 18.2. The molecule has 2 amide bonds. The number of hydrogen-bond acceptors (Lipinski definition) is 5. The fourth-order valence-corrected chi connectivity index (χ4v) is 3.42. The molecule has 0 saturated carbocycles. The Hall–Kier alpha value is -3.13. The smallest absolute Gasteiger partial charge is 0.249 e. The Balaban J connectivity index is 1.54. The molecule has 8 heteroatoms. The van der Waals surface area contributed by atoms with Crippen molar-refractivity contribution < 1.29 is 18.8 Å². The third-order valence-corrected chi connectivity index (χ3v) is 4.83. The number of carbonyl (C=O) groups is 2. The maximum Gasteiger partial charge on any atom is 0.249 e. The van der Waals surface area contributed by atoms with E-state index >= 15 is 0 Å². The average Bonchev–Trinajstić information content (AvgIpc) is 3.43. The number of H-pyrrole nitrogens is 1. The van der Waals surface area contributed by atoms with Gasteiger partial charge in [0.05, 0.1) is 0 Å². The molecule has 1 aromatic carbocycles. The summed E-state index contributed by atoms with van der Waals surface area (Å²) in [6, 6.07) is 8.70. The molecule has 3 N–H and O–H groups in total. The minimum Gasteiger partial charge on any atom is -0.368 e. The van der Waals surface area contributed by atoms with E-state index in [0.717, 1.165) is 22.9 Å². The zero-order valence-electron chi connectivity index (χ0n) is 15.5. The fraction of sp³-hybridized carbons (Fsp3) is 0.350. The average molecular weight is 382 g/mol. The summed E-state index contributed by atoms with van der Waals surface area (Å²) in [5.41, 5.74) is 1.92. The summed E-state index contributed by atoms with van der Waals surface area (Å²) in [6.45, 7) is 2.31. The first-order valence-corrected chi connectivity index (χ1v) is 9.31. The third-order valence-electron chi connectivity index (χ3n) is 4.83. The Kier molecular flexibility index (Phi) is 5.12. The number of aromatic amines is 1. The van der Waals surface area contributed by atoms with Crippen molar-refractivity contribution in [2.24, 2.45) is 0 Å². The summed E-state index contributed by atoms with van der Waals surface area (Å²) in [4.78, 5) is 28.6. The van der Waals surface area contributed by atoms with Crippen molar-refractivity contribution in [2.75, 3.05) is 11.9 Å². The number of hydrogen-bond donors (Lipinski definition) is 3. The van der Waals surface area contributed by atoms with Crippen LogP contribution in [0.5, 0.6) is 0 Å². The third kappa shape index (κ3) is 3.91. The van der Waals surface area contributed by atoms with E-state index in [9.17, 15) is 9.59 Å². The predicted octanol–water partition coefficient (Wildman–Crippen LogP) is 2.31. The highest BCUT2D eigenvalue weighted by molar-refractivity contribution is 5.98. The minimum atomic E-state index is -0.770. The molecule has 1 saturated heterocycles. The summed E-state index contributed by atoms with van der Waals surface area (Å²) < 4.78 is 10.4. The topological polar surface area (TPSA) is 109 Å². The Morgan fingerprint density at radius 1 is 1.36 bits per heavy atom. The largest absolute Gasteiger partial charge is 0.368 e. The van der Waals surface area contributed by atoms with Crippen molar-refractivity contribution in [1.29, 1.82) is 0 Å². The second kappa shape index (κ2) is 7.85. The molecule has 0 radical (unpaired) electrons. The fourth-order valence-electron chi connectivity index (χ4n) is 3.42. The number of anilines is 1. The number of ether oxygens (including phenoxy) is 1. The Labute approximate surface area is 161 Å². The van der Waals surface area contributed by atoms with Crippen LogP contribution in [0.15, 0.2) is 41.1 Å². The van der Waals surface area contributed by atoms with Crippen LogP contribution in [0.2, 0.25) is 0 Å². The first-order valence-electron chi connectivity index (χ1n) is 9.31. The van der Waals surface area contributed by atoms with Crippen molar-refractivity contribution in [3.63, 3.8) is 0 Å². The van der Waals surface area contributed by atoms with Gasteiger partial charge in [-0.25, -0.2) is 0 Å². The molecule has 1 aliphatic rings. The molecule has 4 rings (SSSR count). The molecular formula is C20H22N4O4. The molecule has 3 heterocycles. The van der Waals surface area contributed by atoms with Gasteiger partial charge in [0.15, 0.2) is 5.82 Å². The minimum absolute atomic E-state index is 0.270. The van der Waals surface area contributed by atoms with Crippen LogP contribution in [-0.4, -0.2) is 40.7 Å². The standard InChI is InChI=1S/C20H22N4O4/c1-12-9-18(24-28-12)23-19(25)16(22-20(26)17-7-4-8-27-17)10-13-11-21-15-6-3-2-5-14(13)15/h2-3,5-6,9,11,16-17,21H,4,7-8,10H2,1H3,(H,22,26)(H,23,24,25)/t16-,17?/m0/s1. The predicted molar refractivity (Wildman–Crippen MR) is 103 cm³/mol. The van der Waals surface area contributed by atoms with E-state index in [1.54, 1.807) is 13.0 Å². The molecule has 0 aliphatic carbocycles. The van der Waals surface area contributed by atoms with Crippen LogP contribution in [0.3, 0.4) is 0 Å². The van der Waals surface area contributed by atoms with Gasteiger partial charge in [0, 0.05) is 36.2 Å². The Bertz CT molecular complexity index is 987. The van der Waals surface area contributed by atoms with Crippen LogP contribution < -0.4 is 10.6 Å². The van der Waals surface area contributed by atoms with Gasteiger partial charge in [-0.15, -0.1) is 0 Å². The molecule has 3 aromatic rings. The quantitative estimate of drug-likeness (QED) is 0.606. The van der Waals surface area contributed by atoms with E-state index in [1.807, 2.05) is 30.5 Å². The van der Waals surface area contributed by atoms with Crippen LogP contribution >= 0.6 is 0 Å². The van der Waals surface area contributed by atoms with E-state index in [-0.39, 0.29) is 11.8 Å². The number of para-hydroxylation sites is 1. The molecule has 1 unspecified atom stereocenters.